The van der Waals surface area contributed by atoms with Crippen molar-refractivity contribution in [2.45, 2.75) is 58.7 Å². The molecule has 0 aromatic rings. The molecule has 1 aliphatic carbocycles. The molecular formula is C23H27ClO7. The molecule has 4 rings (SSSR count). The fourth-order valence-corrected chi connectivity index (χ4v) is 5.06. The van der Waals surface area contributed by atoms with Gasteiger partial charge in [-0.25, -0.2) is 0 Å². The molecule has 3 heterocycles. The second-order valence-corrected chi connectivity index (χ2v) is 9.48. The van der Waals surface area contributed by atoms with Crippen LogP contribution in [-0.2, 0) is 23.8 Å². The Morgan fingerprint density at radius 2 is 1.94 bits per heavy atom. The molecular weight excluding hydrogens is 424 g/mol. The van der Waals surface area contributed by atoms with E-state index in [4.69, 9.17) is 25.8 Å². The number of carbonyl (C=O) groups is 2. The number of hydrogen-bond acceptors (Lipinski definition) is 7. The molecule has 0 aromatic heterocycles. The smallest absolute Gasteiger partial charge is 0.318 e. The van der Waals surface area contributed by atoms with Gasteiger partial charge in [-0.15, -0.1) is 0 Å². The molecule has 0 spiro atoms. The summed E-state index contributed by atoms with van der Waals surface area (Å²) in [5.74, 6) is -4.05. The van der Waals surface area contributed by atoms with Crippen molar-refractivity contribution in [3.05, 3.63) is 46.4 Å². The summed E-state index contributed by atoms with van der Waals surface area (Å²) in [5.41, 5.74) is -0.580. The molecule has 0 aromatic carbocycles. The number of aliphatic hydroxyl groups excluding tert-OH is 1. The predicted molar refractivity (Wildman–Crippen MR) is 111 cm³/mol. The summed E-state index contributed by atoms with van der Waals surface area (Å²) in [6, 6.07) is 0. The summed E-state index contributed by atoms with van der Waals surface area (Å²) in [5, 5.41) is 21.1. The number of ether oxygens (including phenoxy) is 3. The van der Waals surface area contributed by atoms with Gasteiger partial charge in [-0.2, -0.15) is 0 Å². The zero-order chi connectivity index (χ0) is 22.9. The molecule has 8 unspecified atom stereocenters. The normalized spacial score (nSPS) is 41.5. The Kier molecular flexibility index (Phi) is 5.25. The van der Waals surface area contributed by atoms with Crippen LogP contribution in [0.2, 0.25) is 0 Å². The van der Waals surface area contributed by atoms with Gasteiger partial charge in [0.2, 0.25) is 5.78 Å². The molecule has 8 atom stereocenters. The molecule has 2 saturated heterocycles. The maximum atomic E-state index is 13.1. The van der Waals surface area contributed by atoms with Gasteiger partial charge in [0, 0.05) is 28.9 Å². The number of rotatable bonds is 3. The quantitative estimate of drug-likeness (QED) is 0.637. The lowest BCUT2D eigenvalue weighted by molar-refractivity contribution is -0.298. The van der Waals surface area contributed by atoms with Gasteiger partial charge in [0.25, 0.3) is 0 Å². The first kappa shape index (κ1) is 22.3. The second-order valence-electron chi connectivity index (χ2n) is 9.10. The van der Waals surface area contributed by atoms with Gasteiger partial charge in [0.15, 0.2) is 5.79 Å². The highest BCUT2D eigenvalue weighted by Gasteiger charge is 2.75. The largest absolute Gasteiger partial charge is 0.465 e. The maximum Gasteiger partial charge on any atom is 0.318 e. The standard InChI is InChI=1S/C23H27ClO7/c1-10(12(3)25)6-7-14-8-15-16(9-29-14)17-20(19(26)18(15)24)31-23(28)11(2)13(4)30-21(27)22(17,23)5/h6-13,17,20,25,28H,1-5H3. The minimum Gasteiger partial charge on any atom is -0.465 e. The van der Waals surface area contributed by atoms with Crippen LogP contribution < -0.4 is 0 Å². The predicted octanol–water partition coefficient (Wildman–Crippen LogP) is 2.72. The summed E-state index contributed by atoms with van der Waals surface area (Å²) in [7, 11) is 0. The molecule has 0 amide bonds. The summed E-state index contributed by atoms with van der Waals surface area (Å²) in [4.78, 5) is 26.2. The van der Waals surface area contributed by atoms with Gasteiger partial charge < -0.3 is 24.4 Å². The fraction of sp³-hybridized carbons (Fsp3) is 0.565. The van der Waals surface area contributed by atoms with Crippen molar-refractivity contribution in [3.63, 3.8) is 0 Å². The Bertz CT molecular complexity index is 961. The van der Waals surface area contributed by atoms with Crippen LogP contribution in [0.3, 0.4) is 0 Å². The summed E-state index contributed by atoms with van der Waals surface area (Å²) in [6.45, 7) is 8.53. The number of carbonyl (C=O) groups excluding carboxylic acids is 2. The van der Waals surface area contributed by atoms with Gasteiger partial charge in [-0.05, 0) is 32.9 Å². The second kappa shape index (κ2) is 7.30. The van der Waals surface area contributed by atoms with Crippen molar-refractivity contribution < 1.29 is 34.0 Å². The molecule has 2 fully saturated rings. The summed E-state index contributed by atoms with van der Waals surface area (Å²) < 4.78 is 17.2. The van der Waals surface area contributed by atoms with Crippen LogP contribution in [0.4, 0.5) is 0 Å². The summed E-state index contributed by atoms with van der Waals surface area (Å²) in [6.07, 6.45) is 4.33. The Morgan fingerprint density at radius 1 is 1.26 bits per heavy atom. The van der Waals surface area contributed by atoms with Gasteiger partial charge >= 0.3 is 5.97 Å². The highest BCUT2D eigenvalue weighted by Crippen LogP contribution is 2.62. The number of esters is 1. The van der Waals surface area contributed by atoms with E-state index in [2.05, 4.69) is 0 Å². The third-order valence-electron chi connectivity index (χ3n) is 7.30. The maximum absolute atomic E-state index is 13.1. The lowest BCUT2D eigenvalue weighted by Gasteiger charge is -2.48. The number of ketones is 1. The van der Waals surface area contributed by atoms with Gasteiger partial charge in [-0.1, -0.05) is 31.5 Å². The van der Waals surface area contributed by atoms with E-state index in [-0.39, 0.29) is 11.0 Å². The molecule has 7 nitrogen and oxygen atoms in total. The number of hydrogen-bond donors (Lipinski definition) is 2. The number of aliphatic hydroxyl groups is 2. The highest BCUT2D eigenvalue weighted by molar-refractivity contribution is 6.44. The minimum absolute atomic E-state index is 0.0369. The lowest BCUT2D eigenvalue weighted by Crippen LogP contribution is -2.63. The van der Waals surface area contributed by atoms with E-state index >= 15 is 0 Å². The number of allylic oxidation sites excluding steroid dienone is 3. The van der Waals surface area contributed by atoms with Crippen LogP contribution in [0.5, 0.6) is 0 Å². The highest BCUT2D eigenvalue weighted by atomic mass is 35.5. The molecule has 8 heteroatoms. The lowest BCUT2D eigenvalue weighted by atomic mass is 9.60. The number of cyclic esters (lactones) is 1. The van der Waals surface area contributed by atoms with Crippen LogP contribution in [0, 0.1) is 23.2 Å². The van der Waals surface area contributed by atoms with Crippen molar-refractivity contribution >= 4 is 23.4 Å². The monoisotopic (exact) mass is 450 g/mol. The Morgan fingerprint density at radius 3 is 2.58 bits per heavy atom. The van der Waals surface area contributed by atoms with Crippen LogP contribution in [0.15, 0.2) is 46.4 Å². The van der Waals surface area contributed by atoms with E-state index in [1.165, 1.54) is 6.26 Å². The first-order valence-corrected chi connectivity index (χ1v) is 10.8. The van der Waals surface area contributed by atoms with Gasteiger partial charge in [-0.3, -0.25) is 9.59 Å². The van der Waals surface area contributed by atoms with Crippen molar-refractivity contribution in [2.24, 2.45) is 23.2 Å². The number of Topliss-reactive ketones (excluding diaryl/α,β-unsaturated/α-hetero) is 1. The first-order chi connectivity index (χ1) is 14.4. The molecule has 4 aliphatic rings. The molecule has 31 heavy (non-hydrogen) atoms. The van der Waals surface area contributed by atoms with Crippen molar-refractivity contribution in [1.82, 2.24) is 0 Å². The van der Waals surface area contributed by atoms with E-state index in [1.54, 1.807) is 45.9 Å². The van der Waals surface area contributed by atoms with Crippen LogP contribution in [-0.4, -0.2) is 46.1 Å². The molecule has 2 N–H and O–H groups in total. The average molecular weight is 451 g/mol. The molecule has 0 radical (unpaired) electrons. The Labute approximate surface area is 186 Å². The summed E-state index contributed by atoms with van der Waals surface area (Å²) >= 11 is 6.42. The third kappa shape index (κ3) is 2.98. The zero-order valence-electron chi connectivity index (χ0n) is 18.1. The third-order valence-corrected chi connectivity index (χ3v) is 7.69. The van der Waals surface area contributed by atoms with E-state index in [0.29, 0.717) is 16.9 Å². The molecule has 3 aliphatic heterocycles. The van der Waals surface area contributed by atoms with Crippen LogP contribution in [0.1, 0.15) is 34.6 Å². The van der Waals surface area contributed by atoms with E-state index in [1.807, 2.05) is 6.92 Å². The minimum atomic E-state index is -1.89. The fourth-order valence-electron chi connectivity index (χ4n) is 4.79. The average Bonchev–Trinajstić information content (AvgIpc) is 2.98. The van der Waals surface area contributed by atoms with E-state index in [0.717, 1.165) is 0 Å². The van der Waals surface area contributed by atoms with Crippen molar-refractivity contribution in [2.75, 3.05) is 0 Å². The van der Waals surface area contributed by atoms with E-state index < -0.39 is 53.1 Å². The first-order valence-electron chi connectivity index (χ1n) is 10.4. The molecule has 0 bridgehead atoms. The zero-order valence-corrected chi connectivity index (χ0v) is 18.8. The van der Waals surface area contributed by atoms with Crippen LogP contribution >= 0.6 is 11.6 Å². The topological polar surface area (TPSA) is 102 Å². The number of fused-ring (bicyclic) bond motifs is 5. The Balaban J connectivity index is 1.77. The van der Waals surface area contributed by atoms with Gasteiger partial charge in [0.1, 0.15) is 23.4 Å². The van der Waals surface area contributed by atoms with Gasteiger partial charge in [0.05, 0.1) is 17.4 Å². The Hall–Kier alpha value is -1.93. The van der Waals surface area contributed by atoms with Crippen molar-refractivity contribution in [3.8, 4) is 0 Å². The van der Waals surface area contributed by atoms with E-state index in [9.17, 15) is 19.8 Å². The van der Waals surface area contributed by atoms with Crippen LogP contribution in [0.25, 0.3) is 0 Å². The SMILES string of the molecule is CC(O)C(C)C=CC1=CC2=C(Cl)C(=O)C3OC4(O)C(C)C(C)OC(=O)C4(C)C3C2=CO1. The number of halogens is 1. The molecule has 0 saturated carbocycles. The van der Waals surface area contributed by atoms with Crippen molar-refractivity contribution in [1.29, 1.82) is 0 Å². The molecule has 168 valence electrons.